The van der Waals surface area contributed by atoms with E-state index >= 15 is 0 Å². The summed E-state index contributed by atoms with van der Waals surface area (Å²) in [4.78, 5) is 16.9. The van der Waals surface area contributed by atoms with Gasteiger partial charge in [0.1, 0.15) is 11.5 Å². The summed E-state index contributed by atoms with van der Waals surface area (Å²) in [6.45, 7) is 4.13. The largest absolute Gasteiger partial charge is 0.497 e. The molecule has 0 spiro atoms. The van der Waals surface area contributed by atoms with Crippen LogP contribution in [0.3, 0.4) is 0 Å². The molecule has 0 aromatic heterocycles. The summed E-state index contributed by atoms with van der Waals surface area (Å²) in [5.74, 6) is 2.36. The van der Waals surface area contributed by atoms with E-state index in [1.807, 2.05) is 23.1 Å². The lowest BCUT2D eigenvalue weighted by atomic mass is 9.99. The molecule has 3 rings (SSSR count). The minimum atomic E-state index is 0. The summed E-state index contributed by atoms with van der Waals surface area (Å²) in [7, 11) is 3.36. The Morgan fingerprint density at radius 3 is 2.39 bits per heavy atom. The molecule has 1 aliphatic carbocycles. The van der Waals surface area contributed by atoms with Crippen LogP contribution in [0.4, 0.5) is 0 Å². The molecule has 1 aliphatic heterocycles. The number of rotatable bonds is 6. The zero-order valence-electron chi connectivity index (χ0n) is 16.8. The molecule has 0 unspecified atom stereocenters. The Balaban J connectivity index is 0.00000196. The van der Waals surface area contributed by atoms with E-state index in [2.05, 4.69) is 4.90 Å². The Morgan fingerprint density at radius 1 is 1.11 bits per heavy atom. The molecule has 1 amide bonds. The van der Waals surface area contributed by atoms with Gasteiger partial charge in [-0.1, -0.05) is 6.42 Å². The van der Waals surface area contributed by atoms with Gasteiger partial charge in [0.2, 0.25) is 5.91 Å². The number of methoxy groups -OCH3 is 2. The van der Waals surface area contributed by atoms with Gasteiger partial charge in [-0.15, -0.1) is 24.8 Å². The van der Waals surface area contributed by atoms with Crippen LogP contribution < -0.4 is 15.2 Å². The Kier molecular flexibility index (Phi) is 10.4. The topological polar surface area (TPSA) is 68.0 Å². The molecule has 2 N–H and O–H groups in total. The summed E-state index contributed by atoms with van der Waals surface area (Å²) >= 11 is 0. The molecular weight excluding hydrogens is 401 g/mol. The first-order valence-electron chi connectivity index (χ1n) is 9.57. The minimum Gasteiger partial charge on any atom is -0.497 e. The molecule has 0 bridgehead atoms. The van der Waals surface area contributed by atoms with E-state index in [-0.39, 0.29) is 36.8 Å². The molecule has 1 saturated carbocycles. The van der Waals surface area contributed by atoms with Crippen molar-refractivity contribution < 1.29 is 14.3 Å². The van der Waals surface area contributed by atoms with E-state index in [0.29, 0.717) is 12.3 Å². The summed E-state index contributed by atoms with van der Waals surface area (Å²) in [5.41, 5.74) is 7.23. The predicted molar refractivity (Wildman–Crippen MR) is 116 cm³/mol. The third-order valence-corrected chi connectivity index (χ3v) is 5.76. The highest BCUT2D eigenvalue weighted by Gasteiger charge is 2.29. The van der Waals surface area contributed by atoms with Gasteiger partial charge in [0, 0.05) is 50.7 Å². The summed E-state index contributed by atoms with van der Waals surface area (Å²) in [6, 6.07) is 6.09. The number of carbonyl (C=O) groups excluding carboxylic acids is 1. The van der Waals surface area contributed by atoms with Gasteiger partial charge in [-0.25, -0.2) is 0 Å². The van der Waals surface area contributed by atoms with Crippen molar-refractivity contribution in [1.82, 2.24) is 9.80 Å². The Hall–Kier alpha value is -1.21. The third-order valence-electron chi connectivity index (χ3n) is 5.76. The lowest BCUT2D eigenvalue weighted by Crippen LogP contribution is -2.49. The molecule has 8 heteroatoms. The highest BCUT2D eigenvalue weighted by molar-refractivity contribution is 5.85. The van der Waals surface area contributed by atoms with Crippen molar-refractivity contribution in [2.75, 3.05) is 40.4 Å². The standard InChI is InChI=1S/C20H31N3O3.2ClH/c1-25-17-6-7-19(26-2)16(12-17)14-22-8-10-23(11-9-22)20(24)13-15-4-3-5-18(15)21;;/h6-7,12,15,18H,3-5,8-11,13-14,21H2,1-2H3;2*1H/t15-,18+;;/m0../s1. The molecule has 2 aliphatic rings. The molecule has 1 aromatic rings. The smallest absolute Gasteiger partial charge is 0.222 e. The van der Waals surface area contributed by atoms with Gasteiger partial charge >= 0.3 is 0 Å². The van der Waals surface area contributed by atoms with Crippen molar-refractivity contribution in [3.63, 3.8) is 0 Å². The van der Waals surface area contributed by atoms with Crippen LogP contribution in [0.2, 0.25) is 0 Å². The van der Waals surface area contributed by atoms with E-state index < -0.39 is 0 Å². The number of carbonyl (C=O) groups is 1. The molecule has 6 nitrogen and oxygen atoms in total. The van der Waals surface area contributed by atoms with Crippen LogP contribution in [0.5, 0.6) is 11.5 Å². The lowest BCUT2D eigenvalue weighted by molar-refractivity contribution is -0.134. The highest BCUT2D eigenvalue weighted by Crippen LogP contribution is 2.28. The second-order valence-electron chi connectivity index (χ2n) is 7.39. The van der Waals surface area contributed by atoms with Gasteiger partial charge < -0.3 is 20.1 Å². The van der Waals surface area contributed by atoms with Crippen molar-refractivity contribution >= 4 is 30.7 Å². The van der Waals surface area contributed by atoms with Crippen LogP contribution in [-0.4, -0.2) is 62.1 Å². The zero-order valence-corrected chi connectivity index (χ0v) is 18.4. The first-order chi connectivity index (χ1) is 12.6. The van der Waals surface area contributed by atoms with E-state index in [4.69, 9.17) is 15.2 Å². The predicted octanol–water partition coefficient (Wildman–Crippen LogP) is 2.71. The van der Waals surface area contributed by atoms with Crippen molar-refractivity contribution in [2.24, 2.45) is 11.7 Å². The number of ether oxygens (including phenoxy) is 2. The van der Waals surface area contributed by atoms with Crippen LogP contribution in [-0.2, 0) is 11.3 Å². The Bertz CT molecular complexity index is 625. The summed E-state index contributed by atoms with van der Waals surface area (Å²) in [6.07, 6.45) is 3.94. The highest BCUT2D eigenvalue weighted by atomic mass is 35.5. The van der Waals surface area contributed by atoms with Gasteiger partial charge in [-0.05, 0) is 37.0 Å². The maximum Gasteiger partial charge on any atom is 0.222 e. The fraction of sp³-hybridized carbons (Fsp3) is 0.650. The maximum atomic E-state index is 12.6. The molecule has 1 aromatic carbocycles. The Morgan fingerprint density at radius 2 is 1.82 bits per heavy atom. The van der Waals surface area contributed by atoms with Gasteiger partial charge in [-0.3, -0.25) is 9.69 Å². The van der Waals surface area contributed by atoms with Gasteiger partial charge in [-0.2, -0.15) is 0 Å². The number of nitrogens with zero attached hydrogens (tertiary/aromatic N) is 2. The molecule has 1 heterocycles. The van der Waals surface area contributed by atoms with Crippen molar-refractivity contribution in [1.29, 1.82) is 0 Å². The first kappa shape index (κ1) is 24.8. The van der Waals surface area contributed by atoms with Gasteiger partial charge in [0.15, 0.2) is 0 Å². The second kappa shape index (κ2) is 11.7. The quantitative estimate of drug-likeness (QED) is 0.746. The lowest BCUT2D eigenvalue weighted by Gasteiger charge is -2.35. The number of hydrogen-bond donors (Lipinski definition) is 1. The minimum absolute atomic E-state index is 0. The zero-order chi connectivity index (χ0) is 18.5. The van der Waals surface area contributed by atoms with Crippen molar-refractivity contribution in [2.45, 2.75) is 38.3 Å². The first-order valence-corrected chi connectivity index (χ1v) is 9.57. The molecular formula is C20H33Cl2N3O3. The average Bonchev–Trinajstić information content (AvgIpc) is 3.06. The summed E-state index contributed by atoms with van der Waals surface area (Å²) < 4.78 is 10.8. The molecule has 1 saturated heterocycles. The SMILES string of the molecule is COc1ccc(OC)c(CN2CCN(C(=O)C[C@@H]3CCC[C@H]3N)CC2)c1.Cl.Cl. The van der Waals surface area contributed by atoms with Crippen LogP contribution in [0.15, 0.2) is 18.2 Å². The van der Waals surface area contributed by atoms with Crippen LogP contribution in [0, 0.1) is 5.92 Å². The fourth-order valence-electron chi connectivity index (χ4n) is 4.07. The van der Waals surface area contributed by atoms with E-state index in [1.165, 1.54) is 0 Å². The van der Waals surface area contributed by atoms with Crippen molar-refractivity contribution in [3.8, 4) is 11.5 Å². The fourth-order valence-corrected chi connectivity index (χ4v) is 4.07. The van der Waals surface area contributed by atoms with Crippen LogP contribution in [0.1, 0.15) is 31.2 Å². The number of hydrogen-bond acceptors (Lipinski definition) is 5. The van der Waals surface area contributed by atoms with Crippen LogP contribution in [0.25, 0.3) is 0 Å². The summed E-state index contributed by atoms with van der Waals surface area (Å²) in [5, 5.41) is 0. The number of halogens is 2. The average molecular weight is 434 g/mol. The van der Waals surface area contributed by atoms with E-state index in [1.54, 1.807) is 14.2 Å². The van der Waals surface area contributed by atoms with E-state index in [9.17, 15) is 4.79 Å². The number of amides is 1. The third kappa shape index (κ3) is 6.14. The molecule has 2 atom stereocenters. The molecule has 28 heavy (non-hydrogen) atoms. The number of nitrogens with two attached hydrogens (primary N) is 1. The van der Waals surface area contributed by atoms with Crippen LogP contribution >= 0.6 is 24.8 Å². The monoisotopic (exact) mass is 433 g/mol. The molecule has 160 valence electrons. The van der Waals surface area contributed by atoms with E-state index in [0.717, 1.165) is 69.0 Å². The molecule has 2 fully saturated rings. The van der Waals surface area contributed by atoms with Gasteiger partial charge in [0.05, 0.1) is 14.2 Å². The number of piperazine rings is 1. The number of benzene rings is 1. The maximum absolute atomic E-state index is 12.6. The van der Waals surface area contributed by atoms with Crippen molar-refractivity contribution in [3.05, 3.63) is 23.8 Å². The van der Waals surface area contributed by atoms with Gasteiger partial charge in [0.25, 0.3) is 0 Å². The second-order valence-corrected chi connectivity index (χ2v) is 7.39. The Labute approximate surface area is 180 Å². The normalized spacial score (nSPS) is 22.2. The molecule has 0 radical (unpaired) electrons.